The number of fused-ring (bicyclic) bond motifs is 1. The van der Waals surface area contributed by atoms with Crippen LogP contribution in [0.4, 0.5) is 0 Å². The molecule has 0 aliphatic rings. The number of aryl methyl sites for hydroxylation is 1. The highest BCUT2D eigenvalue weighted by Crippen LogP contribution is 2.25. The predicted molar refractivity (Wildman–Crippen MR) is 105 cm³/mol. The van der Waals surface area contributed by atoms with Gasteiger partial charge in [0.25, 0.3) is 0 Å². The van der Waals surface area contributed by atoms with Crippen LogP contribution >= 0.6 is 0 Å². The number of aromatic nitrogens is 1. The third kappa shape index (κ3) is 3.49. The minimum Gasteiger partial charge on any atom is -0.497 e. The Labute approximate surface area is 161 Å². The molecule has 0 aliphatic heterocycles. The van der Waals surface area contributed by atoms with E-state index in [1.54, 1.807) is 31.5 Å². The fourth-order valence-electron chi connectivity index (χ4n) is 2.89. The molecule has 4 rings (SSSR count). The summed E-state index contributed by atoms with van der Waals surface area (Å²) in [5, 5.41) is 0.491. The fourth-order valence-corrected chi connectivity index (χ4v) is 2.89. The van der Waals surface area contributed by atoms with Crippen LogP contribution in [0, 0.1) is 0 Å². The van der Waals surface area contributed by atoms with Crippen LogP contribution in [0.15, 0.2) is 68.6 Å². The van der Waals surface area contributed by atoms with E-state index in [1.165, 1.54) is 6.26 Å². The van der Waals surface area contributed by atoms with Gasteiger partial charge in [0.2, 0.25) is 5.89 Å². The molecule has 6 heteroatoms. The molecule has 0 atom stereocenters. The van der Waals surface area contributed by atoms with Gasteiger partial charge in [0.1, 0.15) is 29.1 Å². The van der Waals surface area contributed by atoms with Crippen LogP contribution in [0.5, 0.6) is 11.5 Å². The molecule has 0 N–H and O–H groups in total. The van der Waals surface area contributed by atoms with Crippen LogP contribution in [0.3, 0.4) is 0 Å². The Morgan fingerprint density at radius 2 is 1.86 bits per heavy atom. The number of nitrogens with zero attached hydrogens (tertiary/aromatic N) is 1. The SMILES string of the molecule is CCc1cnc(COc2ccc3c(=O)c(-c4ccc(OC)cc4)coc3c2)o1. The summed E-state index contributed by atoms with van der Waals surface area (Å²) in [5.41, 5.74) is 1.63. The van der Waals surface area contributed by atoms with Gasteiger partial charge in [-0.3, -0.25) is 4.79 Å². The number of benzene rings is 2. The third-order valence-electron chi connectivity index (χ3n) is 4.46. The molecule has 2 aromatic heterocycles. The number of hydrogen-bond acceptors (Lipinski definition) is 6. The smallest absolute Gasteiger partial charge is 0.232 e. The first kappa shape index (κ1) is 17.9. The zero-order chi connectivity index (χ0) is 19.5. The van der Waals surface area contributed by atoms with Gasteiger partial charge in [0.15, 0.2) is 12.0 Å². The molecule has 28 heavy (non-hydrogen) atoms. The van der Waals surface area contributed by atoms with E-state index in [9.17, 15) is 4.79 Å². The summed E-state index contributed by atoms with van der Waals surface area (Å²) >= 11 is 0. The first-order valence-electron chi connectivity index (χ1n) is 8.94. The van der Waals surface area contributed by atoms with Crippen molar-refractivity contribution in [1.82, 2.24) is 4.98 Å². The topological polar surface area (TPSA) is 74.7 Å². The van der Waals surface area contributed by atoms with E-state index in [2.05, 4.69) is 4.98 Å². The molecule has 0 fully saturated rings. The van der Waals surface area contributed by atoms with Crippen molar-refractivity contribution in [3.8, 4) is 22.6 Å². The summed E-state index contributed by atoms with van der Waals surface area (Å²) in [6.07, 6.45) is 3.95. The van der Waals surface area contributed by atoms with Crippen molar-refractivity contribution in [3.63, 3.8) is 0 Å². The number of oxazole rings is 1. The molecule has 4 aromatic rings. The molecule has 2 heterocycles. The number of ether oxygens (including phenoxy) is 2. The highest BCUT2D eigenvalue weighted by Gasteiger charge is 2.11. The van der Waals surface area contributed by atoms with Crippen LogP contribution in [-0.2, 0) is 13.0 Å². The van der Waals surface area contributed by atoms with Gasteiger partial charge in [0, 0.05) is 12.5 Å². The highest BCUT2D eigenvalue weighted by molar-refractivity contribution is 5.82. The van der Waals surface area contributed by atoms with Crippen molar-refractivity contribution in [2.45, 2.75) is 20.0 Å². The minimum absolute atomic E-state index is 0.0988. The van der Waals surface area contributed by atoms with Crippen LogP contribution in [-0.4, -0.2) is 12.1 Å². The second-order valence-corrected chi connectivity index (χ2v) is 6.23. The van der Waals surface area contributed by atoms with Crippen molar-refractivity contribution in [2.24, 2.45) is 0 Å². The molecule has 0 amide bonds. The summed E-state index contributed by atoms with van der Waals surface area (Å²) in [6, 6.07) is 12.4. The molecule has 0 saturated heterocycles. The average molecular weight is 377 g/mol. The number of methoxy groups -OCH3 is 1. The van der Waals surface area contributed by atoms with Crippen molar-refractivity contribution in [2.75, 3.05) is 7.11 Å². The molecule has 0 spiro atoms. The summed E-state index contributed by atoms with van der Waals surface area (Å²) < 4.78 is 22.1. The average Bonchev–Trinajstić information content (AvgIpc) is 3.21. The van der Waals surface area contributed by atoms with Crippen molar-refractivity contribution in [3.05, 3.63) is 76.8 Å². The van der Waals surface area contributed by atoms with Gasteiger partial charge in [-0.1, -0.05) is 19.1 Å². The Kier molecular flexibility index (Phi) is 4.85. The zero-order valence-corrected chi connectivity index (χ0v) is 15.6. The van der Waals surface area contributed by atoms with Gasteiger partial charge in [-0.15, -0.1) is 0 Å². The lowest BCUT2D eigenvalue weighted by Crippen LogP contribution is -2.05. The van der Waals surface area contributed by atoms with E-state index >= 15 is 0 Å². The molecule has 2 aromatic carbocycles. The van der Waals surface area contributed by atoms with Crippen LogP contribution in [0.25, 0.3) is 22.1 Å². The fraction of sp³-hybridized carbons (Fsp3) is 0.182. The van der Waals surface area contributed by atoms with Gasteiger partial charge >= 0.3 is 0 Å². The Bertz CT molecular complexity index is 1160. The minimum atomic E-state index is -0.0988. The molecule has 6 nitrogen and oxygen atoms in total. The lowest BCUT2D eigenvalue weighted by atomic mass is 10.1. The normalized spacial score (nSPS) is 10.9. The van der Waals surface area contributed by atoms with E-state index in [0.717, 1.165) is 23.5 Å². The van der Waals surface area contributed by atoms with Gasteiger partial charge in [0.05, 0.1) is 24.3 Å². The van der Waals surface area contributed by atoms with E-state index in [4.69, 9.17) is 18.3 Å². The lowest BCUT2D eigenvalue weighted by Gasteiger charge is -2.07. The molecular weight excluding hydrogens is 358 g/mol. The van der Waals surface area contributed by atoms with Crippen molar-refractivity contribution >= 4 is 11.0 Å². The largest absolute Gasteiger partial charge is 0.497 e. The molecule has 0 saturated carbocycles. The Balaban J connectivity index is 1.59. The molecule has 0 bridgehead atoms. The number of rotatable bonds is 6. The van der Waals surface area contributed by atoms with E-state index in [-0.39, 0.29) is 12.0 Å². The molecule has 0 radical (unpaired) electrons. The molecule has 0 unspecified atom stereocenters. The van der Waals surface area contributed by atoms with Crippen LogP contribution < -0.4 is 14.9 Å². The molecule has 142 valence electrons. The molecule has 0 aliphatic carbocycles. The van der Waals surface area contributed by atoms with Crippen LogP contribution in [0.1, 0.15) is 18.6 Å². The summed E-state index contributed by atoms with van der Waals surface area (Å²) in [4.78, 5) is 17.0. The predicted octanol–water partition coefficient (Wildman–Crippen LogP) is 4.60. The summed E-state index contributed by atoms with van der Waals surface area (Å²) in [6.45, 7) is 2.20. The van der Waals surface area contributed by atoms with Gasteiger partial charge in [-0.25, -0.2) is 4.98 Å². The summed E-state index contributed by atoms with van der Waals surface area (Å²) in [7, 11) is 1.60. The second kappa shape index (κ2) is 7.60. The maximum atomic E-state index is 12.9. The van der Waals surface area contributed by atoms with E-state index < -0.39 is 0 Å². The zero-order valence-electron chi connectivity index (χ0n) is 15.6. The van der Waals surface area contributed by atoms with E-state index in [0.29, 0.717) is 28.2 Å². The maximum Gasteiger partial charge on any atom is 0.232 e. The Morgan fingerprint density at radius 1 is 1.07 bits per heavy atom. The summed E-state index contributed by atoms with van der Waals surface area (Å²) in [5.74, 6) is 2.62. The lowest BCUT2D eigenvalue weighted by molar-refractivity contribution is 0.259. The van der Waals surface area contributed by atoms with Crippen LogP contribution in [0.2, 0.25) is 0 Å². The maximum absolute atomic E-state index is 12.9. The van der Waals surface area contributed by atoms with Gasteiger partial charge in [-0.2, -0.15) is 0 Å². The first-order chi connectivity index (χ1) is 13.7. The van der Waals surface area contributed by atoms with Gasteiger partial charge in [-0.05, 0) is 29.8 Å². The first-order valence-corrected chi connectivity index (χ1v) is 8.94. The van der Waals surface area contributed by atoms with Crippen molar-refractivity contribution in [1.29, 1.82) is 0 Å². The van der Waals surface area contributed by atoms with E-state index in [1.807, 2.05) is 31.2 Å². The van der Waals surface area contributed by atoms with Crippen molar-refractivity contribution < 1.29 is 18.3 Å². The van der Waals surface area contributed by atoms with Gasteiger partial charge < -0.3 is 18.3 Å². The third-order valence-corrected chi connectivity index (χ3v) is 4.46. The molecular formula is C22H19NO5. The standard InChI is InChI=1S/C22H19NO5/c1-3-15-11-23-21(28-15)13-26-17-8-9-18-20(10-17)27-12-19(22(18)24)14-4-6-16(25-2)7-5-14/h4-12H,3,13H2,1-2H3. The number of hydrogen-bond donors (Lipinski definition) is 0. The monoisotopic (exact) mass is 377 g/mol. The Morgan fingerprint density at radius 3 is 2.57 bits per heavy atom. The Hall–Kier alpha value is -3.54. The highest BCUT2D eigenvalue weighted by atomic mass is 16.5. The quantitative estimate of drug-likeness (QED) is 0.489. The second-order valence-electron chi connectivity index (χ2n) is 6.23.